The minimum Gasteiger partial charge on any atom is -0.427 e. The van der Waals surface area contributed by atoms with Gasteiger partial charge in [0.25, 0.3) is 5.91 Å². The molecule has 0 unspecified atom stereocenters. The highest BCUT2D eigenvalue weighted by Crippen LogP contribution is 2.32. The van der Waals surface area contributed by atoms with E-state index in [1.165, 1.54) is 23.1 Å². The summed E-state index contributed by atoms with van der Waals surface area (Å²) in [6.07, 6.45) is -8.36. The average molecular weight is 349 g/mol. The Hall–Kier alpha value is -1.83. The number of hydrogen-bond donors (Lipinski definition) is 1. The fraction of sp³-hybridized carbons (Fsp3) is 0.562. The van der Waals surface area contributed by atoms with E-state index in [9.17, 15) is 27.5 Å². The predicted molar refractivity (Wildman–Crippen MR) is 78.3 cm³/mol. The number of piperidine rings is 1. The minimum atomic E-state index is -4.69. The molecule has 0 aromatic heterocycles. The van der Waals surface area contributed by atoms with Crippen LogP contribution in [0.2, 0.25) is 0 Å². The molecule has 8 heteroatoms. The maximum atomic E-state index is 13.2. The first-order chi connectivity index (χ1) is 11.0. The van der Waals surface area contributed by atoms with Gasteiger partial charge in [-0.1, -0.05) is 19.1 Å². The van der Waals surface area contributed by atoms with Crippen LogP contribution in [-0.4, -0.2) is 47.1 Å². The number of benzene rings is 1. The number of alkyl halides is 4. The average Bonchev–Trinajstić information content (AvgIpc) is 2.49. The number of hydrogen-bond acceptors (Lipinski definition) is 3. The van der Waals surface area contributed by atoms with Gasteiger partial charge in [-0.05, 0) is 25.5 Å². The normalized spacial score (nSPS) is 25.0. The smallest absolute Gasteiger partial charge is 0.427 e. The summed E-state index contributed by atoms with van der Waals surface area (Å²) in [7, 11) is 0. The summed E-state index contributed by atoms with van der Waals surface area (Å²) in [5.41, 5.74) is -1.14. The van der Waals surface area contributed by atoms with Crippen molar-refractivity contribution in [3.05, 3.63) is 29.8 Å². The fourth-order valence-electron chi connectivity index (χ4n) is 2.50. The number of carbonyl (C=O) groups excluding carboxylic acids is 1. The number of para-hydroxylation sites is 1. The van der Waals surface area contributed by atoms with Crippen LogP contribution in [-0.2, 0) is 0 Å². The zero-order valence-electron chi connectivity index (χ0n) is 13.3. The molecular formula is C16H19F4NO3. The summed E-state index contributed by atoms with van der Waals surface area (Å²) in [6.45, 7) is 3.90. The lowest BCUT2D eigenvalue weighted by atomic mass is 9.84. The number of likely N-dealkylation sites (tertiary alicyclic amines) is 1. The number of halogens is 4. The molecule has 0 spiro atoms. The van der Waals surface area contributed by atoms with Crippen LogP contribution in [0.1, 0.15) is 30.6 Å². The number of ether oxygens (including phenoxy) is 1. The van der Waals surface area contributed by atoms with Crippen molar-refractivity contribution in [3.8, 4) is 5.75 Å². The Morgan fingerprint density at radius 1 is 1.42 bits per heavy atom. The lowest BCUT2D eigenvalue weighted by Gasteiger charge is -2.41. The maximum absolute atomic E-state index is 13.2. The van der Waals surface area contributed by atoms with Crippen molar-refractivity contribution in [2.45, 2.75) is 38.4 Å². The molecule has 1 aromatic carbocycles. The van der Waals surface area contributed by atoms with E-state index < -0.39 is 29.8 Å². The van der Waals surface area contributed by atoms with Gasteiger partial charge in [0.1, 0.15) is 5.75 Å². The molecule has 1 aromatic rings. The summed E-state index contributed by atoms with van der Waals surface area (Å²) >= 11 is 0. The van der Waals surface area contributed by atoms with Gasteiger partial charge < -0.3 is 14.7 Å². The Bertz CT molecular complexity index is 607. The van der Waals surface area contributed by atoms with Crippen LogP contribution in [0, 0.1) is 5.92 Å². The summed E-state index contributed by atoms with van der Waals surface area (Å²) < 4.78 is 55.0. The first-order valence-corrected chi connectivity index (χ1v) is 7.50. The van der Waals surface area contributed by atoms with E-state index in [2.05, 4.69) is 4.74 Å². The number of nitrogens with zero attached hydrogens (tertiary/aromatic N) is 1. The van der Waals surface area contributed by atoms with Gasteiger partial charge in [-0.15, -0.1) is 0 Å². The van der Waals surface area contributed by atoms with Crippen molar-refractivity contribution in [1.82, 2.24) is 4.90 Å². The van der Waals surface area contributed by atoms with Gasteiger partial charge in [-0.2, -0.15) is 17.6 Å². The topological polar surface area (TPSA) is 49.8 Å². The van der Waals surface area contributed by atoms with Gasteiger partial charge in [-0.3, -0.25) is 4.79 Å². The SMILES string of the molecule is C[C@@H]1CN(C(=O)c2ccccc2OC(F)(F)C(F)F)CC[C@]1(C)O. The van der Waals surface area contributed by atoms with Gasteiger partial charge in [0, 0.05) is 19.0 Å². The Labute approximate surface area is 137 Å². The highest BCUT2D eigenvalue weighted by Gasteiger charge is 2.45. The maximum Gasteiger partial charge on any atom is 0.461 e. The molecule has 134 valence electrons. The summed E-state index contributed by atoms with van der Waals surface area (Å²) in [4.78, 5) is 14.0. The molecule has 0 radical (unpaired) electrons. The Morgan fingerprint density at radius 3 is 2.62 bits per heavy atom. The summed E-state index contributed by atoms with van der Waals surface area (Å²) in [5.74, 6) is -1.42. The third-order valence-corrected chi connectivity index (χ3v) is 4.35. The van der Waals surface area contributed by atoms with E-state index in [0.29, 0.717) is 6.42 Å². The van der Waals surface area contributed by atoms with Gasteiger partial charge >= 0.3 is 12.5 Å². The highest BCUT2D eigenvalue weighted by molar-refractivity contribution is 5.97. The van der Waals surface area contributed by atoms with Crippen LogP contribution in [0.25, 0.3) is 0 Å². The molecular weight excluding hydrogens is 330 g/mol. The van der Waals surface area contributed by atoms with E-state index in [-0.39, 0.29) is 24.6 Å². The second-order valence-electron chi connectivity index (χ2n) is 6.22. The summed E-state index contributed by atoms with van der Waals surface area (Å²) in [6, 6.07) is 5.05. The van der Waals surface area contributed by atoms with Crippen LogP contribution >= 0.6 is 0 Å². The molecule has 1 amide bonds. The molecule has 0 bridgehead atoms. The van der Waals surface area contributed by atoms with Gasteiger partial charge in [0.2, 0.25) is 0 Å². The molecule has 1 N–H and O–H groups in total. The Morgan fingerprint density at radius 2 is 2.04 bits per heavy atom. The summed E-state index contributed by atoms with van der Waals surface area (Å²) in [5, 5.41) is 10.1. The third-order valence-electron chi connectivity index (χ3n) is 4.35. The Balaban J connectivity index is 2.22. The molecule has 1 saturated heterocycles. The van der Waals surface area contributed by atoms with Crippen molar-refractivity contribution in [1.29, 1.82) is 0 Å². The molecule has 2 atom stereocenters. The highest BCUT2D eigenvalue weighted by atomic mass is 19.3. The van der Waals surface area contributed by atoms with Gasteiger partial charge in [0.15, 0.2) is 0 Å². The Kier molecular flexibility index (Phi) is 5.08. The van der Waals surface area contributed by atoms with Crippen LogP contribution in [0.3, 0.4) is 0 Å². The van der Waals surface area contributed by atoms with Gasteiger partial charge in [-0.25, -0.2) is 0 Å². The number of aliphatic hydroxyl groups is 1. The minimum absolute atomic E-state index is 0.216. The lowest BCUT2D eigenvalue weighted by molar-refractivity contribution is -0.253. The molecule has 1 heterocycles. The molecule has 4 nitrogen and oxygen atoms in total. The van der Waals surface area contributed by atoms with E-state index in [1.54, 1.807) is 13.8 Å². The van der Waals surface area contributed by atoms with Crippen molar-refractivity contribution in [3.63, 3.8) is 0 Å². The molecule has 0 aliphatic carbocycles. The van der Waals surface area contributed by atoms with Crippen LogP contribution in [0.4, 0.5) is 17.6 Å². The van der Waals surface area contributed by atoms with E-state index in [4.69, 9.17) is 0 Å². The first-order valence-electron chi connectivity index (χ1n) is 7.50. The molecule has 0 saturated carbocycles. The fourth-order valence-corrected chi connectivity index (χ4v) is 2.50. The first kappa shape index (κ1) is 18.5. The zero-order chi connectivity index (χ0) is 18.1. The largest absolute Gasteiger partial charge is 0.461 e. The number of carbonyl (C=O) groups is 1. The van der Waals surface area contributed by atoms with Crippen molar-refractivity contribution < 1.29 is 32.2 Å². The van der Waals surface area contributed by atoms with Gasteiger partial charge in [0.05, 0.1) is 11.2 Å². The van der Waals surface area contributed by atoms with E-state index >= 15 is 0 Å². The van der Waals surface area contributed by atoms with Crippen LogP contribution in [0.15, 0.2) is 24.3 Å². The molecule has 2 rings (SSSR count). The number of rotatable bonds is 4. The van der Waals surface area contributed by atoms with Crippen LogP contribution < -0.4 is 4.74 Å². The lowest BCUT2D eigenvalue weighted by Crippen LogP contribution is -2.51. The molecule has 24 heavy (non-hydrogen) atoms. The predicted octanol–water partition coefficient (Wildman–Crippen LogP) is 3.16. The standard InChI is InChI=1S/C16H19F4NO3/c1-10-9-21(8-7-15(10,2)23)13(22)11-5-3-4-6-12(11)24-16(19,20)14(17)18/h3-6,10,14,23H,7-9H2,1-2H3/t10-,15+/m1/s1. The van der Waals surface area contributed by atoms with E-state index in [1.807, 2.05) is 0 Å². The molecule has 1 aliphatic heterocycles. The third kappa shape index (κ3) is 3.80. The second kappa shape index (κ2) is 6.58. The quantitative estimate of drug-likeness (QED) is 0.850. The van der Waals surface area contributed by atoms with Crippen LogP contribution in [0.5, 0.6) is 5.75 Å². The second-order valence-corrected chi connectivity index (χ2v) is 6.22. The van der Waals surface area contributed by atoms with Crippen molar-refractivity contribution in [2.75, 3.05) is 13.1 Å². The molecule has 1 fully saturated rings. The van der Waals surface area contributed by atoms with Crippen molar-refractivity contribution in [2.24, 2.45) is 5.92 Å². The monoisotopic (exact) mass is 349 g/mol. The van der Waals surface area contributed by atoms with Crippen molar-refractivity contribution >= 4 is 5.91 Å². The number of amides is 1. The zero-order valence-corrected chi connectivity index (χ0v) is 13.3. The molecule has 1 aliphatic rings. The van der Waals surface area contributed by atoms with E-state index in [0.717, 1.165) is 6.07 Å².